The van der Waals surface area contributed by atoms with Gasteiger partial charge >= 0.3 is 5.97 Å². The Morgan fingerprint density at radius 1 is 1.50 bits per heavy atom. The Kier molecular flexibility index (Phi) is 3.04. The van der Waals surface area contributed by atoms with Crippen LogP contribution in [0.15, 0.2) is 16.9 Å². The summed E-state index contributed by atoms with van der Waals surface area (Å²) in [6.07, 6.45) is 4.87. The maximum atomic E-state index is 11.3. The Hall–Kier alpha value is -2.18. The zero-order chi connectivity index (χ0) is 14.3. The molecule has 3 unspecified atom stereocenters. The number of carboxylic acids is 1. The molecule has 106 valence electrons. The van der Waals surface area contributed by atoms with Crippen LogP contribution in [-0.4, -0.2) is 30.8 Å². The van der Waals surface area contributed by atoms with Crippen LogP contribution in [0.1, 0.15) is 31.6 Å². The molecule has 20 heavy (non-hydrogen) atoms. The molecule has 7 heteroatoms. The van der Waals surface area contributed by atoms with Gasteiger partial charge in [0.2, 0.25) is 11.7 Å². The molecular formula is C13H16N4O3. The number of hydrogen-bond donors (Lipinski definition) is 1. The minimum atomic E-state index is -0.795. The largest absolute Gasteiger partial charge is 0.481 e. The minimum absolute atomic E-state index is 0.205. The Morgan fingerprint density at radius 2 is 2.30 bits per heavy atom. The van der Waals surface area contributed by atoms with Crippen molar-refractivity contribution in [3.05, 3.63) is 18.3 Å². The molecule has 2 aromatic rings. The average Bonchev–Trinajstić information content (AvgIpc) is 3.06. The summed E-state index contributed by atoms with van der Waals surface area (Å²) in [5.41, 5.74) is 0. The lowest BCUT2D eigenvalue weighted by molar-refractivity contribution is -0.142. The van der Waals surface area contributed by atoms with Gasteiger partial charge in [0.1, 0.15) is 0 Å². The first-order valence-corrected chi connectivity index (χ1v) is 6.60. The fraction of sp³-hybridized carbons (Fsp3) is 0.538. The van der Waals surface area contributed by atoms with E-state index in [1.54, 1.807) is 17.0 Å². The van der Waals surface area contributed by atoms with E-state index in [0.29, 0.717) is 29.9 Å². The van der Waals surface area contributed by atoms with Gasteiger partial charge in [-0.2, -0.15) is 4.98 Å². The molecule has 1 fully saturated rings. The van der Waals surface area contributed by atoms with Gasteiger partial charge in [0.05, 0.1) is 11.8 Å². The van der Waals surface area contributed by atoms with Crippen LogP contribution in [-0.2, 0) is 11.8 Å². The van der Waals surface area contributed by atoms with Gasteiger partial charge in [-0.3, -0.25) is 4.79 Å². The molecule has 0 aliphatic heterocycles. The summed E-state index contributed by atoms with van der Waals surface area (Å²) < 4.78 is 7.07. The number of aryl methyl sites for hydroxylation is 1. The molecule has 2 aromatic heterocycles. The SMILES string of the molecule is CC1CC(C(=O)O)C(c2nc(-c3nccn3C)no2)C1. The minimum Gasteiger partial charge on any atom is -0.481 e. The number of nitrogens with zero attached hydrogens (tertiary/aromatic N) is 4. The standard InChI is InChI=1S/C13H16N4O3/c1-7-5-8(9(6-7)13(18)19)12-15-10(16-20-12)11-14-3-4-17(11)2/h3-4,7-9H,5-6H2,1-2H3,(H,18,19). The van der Waals surface area contributed by atoms with Crippen molar-refractivity contribution in [1.29, 1.82) is 0 Å². The maximum Gasteiger partial charge on any atom is 0.307 e. The zero-order valence-corrected chi connectivity index (χ0v) is 11.4. The summed E-state index contributed by atoms with van der Waals surface area (Å²) in [6.45, 7) is 2.05. The van der Waals surface area contributed by atoms with Crippen LogP contribution in [0, 0.1) is 11.8 Å². The number of aromatic nitrogens is 4. The van der Waals surface area contributed by atoms with Crippen molar-refractivity contribution in [2.75, 3.05) is 0 Å². The van der Waals surface area contributed by atoms with Crippen molar-refractivity contribution < 1.29 is 14.4 Å². The summed E-state index contributed by atoms with van der Waals surface area (Å²) in [5.74, 6) is 0.318. The third-order valence-electron chi connectivity index (χ3n) is 3.90. The molecule has 3 rings (SSSR count). The summed E-state index contributed by atoms with van der Waals surface area (Å²) >= 11 is 0. The second kappa shape index (κ2) is 4.73. The summed E-state index contributed by atoms with van der Waals surface area (Å²) in [6, 6.07) is 0. The maximum absolute atomic E-state index is 11.3. The normalized spacial score (nSPS) is 26.0. The van der Waals surface area contributed by atoms with Gasteiger partial charge in [0, 0.05) is 19.4 Å². The van der Waals surface area contributed by atoms with Gasteiger partial charge in [-0.1, -0.05) is 12.1 Å². The highest BCUT2D eigenvalue weighted by Crippen LogP contribution is 2.42. The number of carbonyl (C=O) groups is 1. The van der Waals surface area contributed by atoms with E-state index < -0.39 is 11.9 Å². The van der Waals surface area contributed by atoms with E-state index in [2.05, 4.69) is 15.1 Å². The van der Waals surface area contributed by atoms with Crippen molar-refractivity contribution in [1.82, 2.24) is 19.7 Å². The first-order valence-electron chi connectivity index (χ1n) is 6.60. The predicted molar refractivity (Wildman–Crippen MR) is 68.8 cm³/mol. The van der Waals surface area contributed by atoms with E-state index in [0.717, 1.165) is 6.42 Å². The molecule has 2 heterocycles. The molecule has 3 atom stereocenters. The van der Waals surface area contributed by atoms with Gasteiger partial charge in [-0.25, -0.2) is 4.98 Å². The van der Waals surface area contributed by atoms with Gasteiger partial charge in [0.25, 0.3) is 0 Å². The molecule has 0 bridgehead atoms. The second-order valence-corrected chi connectivity index (χ2v) is 5.45. The van der Waals surface area contributed by atoms with E-state index in [9.17, 15) is 9.90 Å². The third kappa shape index (κ3) is 2.09. The molecule has 0 amide bonds. The molecule has 1 saturated carbocycles. The van der Waals surface area contributed by atoms with Crippen LogP contribution < -0.4 is 0 Å². The number of rotatable bonds is 3. The quantitative estimate of drug-likeness (QED) is 0.916. The fourth-order valence-electron chi connectivity index (χ4n) is 2.90. The molecule has 0 radical (unpaired) electrons. The molecule has 1 N–H and O–H groups in total. The number of carboxylic acid groups (broad SMARTS) is 1. The molecule has 1 aliphatic carbocycles. The van der Waals surface area contributed by atoms with Gasteiger partial charge in [0.15, 0.2) is 5.82 Å². The van der Waals surface area contributed by atoms with Gasteiger partial charge in [-0.15, -0.1) is 0 Å². The lowest BCUT2D eigenvalue weighted by atomic mass is 9.96. The first kappa shape index (κ1) is 12.8. The average molecular weight is 276 g/mol. The molecule has 0 spiro atoms. The fourth-order valence-corrected chi connectivity index (χ4v) is 2.90. The monoisotopic (exact) mass is 276 g/mol. The van der Waals surface area contributed by atoms with Crippen molar-refractivity contribution in [3.63, 3.8) is 0 Å². The van der Waals surface area contributed by atoms with Crippen LogP contribution in [0.5, 0.6) is 0 Å². The highest BCUT2D eigenvalue weighted by molar-refractivity contribution is 5.71. The summed E-state index contributed by atoms with van der Waals surface area (Å²) in [5, 5.41) is 13.2. The summed E-state index contributed by atoms with van der Waals surface area (Å²) in [7, 11) is 1.84. The van der Waals surface area contributed by atoms with Crippen molar-refractivity contribution in [3.8, 4) is 11.6 Å². The molecular weight excluding hydrogens is 260 g/mol. The smallest absolute Gasteiger partial charge is 0.307 e. The molecule has 0 aromatic carbocycles. The van der Waals surface area contributed by atoms with E-state index in [-0.39, 0.29) is 5.92 Å². The Labute approximate surface area is 115 Å². The Morgan fingerprint density at radius 3 is 2.95 bits per heavy atom. The number of hydrogen-bond acceptors (Lipinski definition) is 5. The van der Waals surface area contributed by atoms with Crippen LogP contribution >= 0.6 is 0 Å². The third-order valence-corrected chi connectivity index (χ3v) is 3.90. The topological polar surface area (TPSA) is 94.0 Å². The van der Waals surface area contributed by atoms with E-state index >= 15 is 0 Å². The van der Waals surface area contributed by atoms with Crippen molar-refractivity contribution in [2.45, 2.75) is 25.7 Å². The lowest BCUT2D eigenvalue weighted by Crippen LogP contribution is -2.17. The highest BCUT2D eigenvalue weighted by Gasteiger charge is 2.41. The molecule has 0 saturated heterocycles. The molecule has 7 nitrogen and oxygen atoms in total. The number of aliphatic carboxylic acids is 1. The van der Waals surface area contributed by atoms with E-state index in [4.69, 9.17) is 4.52 Å². The van der Waals surface area contributed by atoms with Crippen LogP contribution in [0.4, 0.5) is 0 Å². The van der Waals surface area contributed by atoms with Crippen molar-refractivity contribution >= 4 is 5.97 Å². The van der Waals surface area contributed by atoms with Crippen LogP contribution in [0.25, 0.3) is 11.6 Å². The van der Waals surface area contributed by atoms with Crippen molar-refractivity contribution in [2.24, 2.45) is 18.9 Å². The van der Waals surface area contributed by atoms with Crippen LogP contribution in [0.3, 0.4) is 0 Å². The number of imidazole rings is 1. The predicted octanol–water partition coefficient (Wildman–Crippen LogP) is 1.68. The first-order chi connectivity index (χ1) is 9.56. The van der Waals surface area contributed by atoms with E-state index in [1.165, 1.54) is 0 Å². The highest BCUT2D eigenvalue weighted by atomic mass is 16.5. The Balaban J connectivity index is 1.90. The van der Waals surface area contributed by atoms with Gasteiger partial charge in [-0.05, 0) is 18.8 Å². The van der Waals surface area contributed by atoms with E-state index in [1.807, 2.05) is 14.0 Å². The van der Waals surface area contributed by atoms with Gasteiger partial charge < -0.3 is 14.2 Å². The lowest BCUT2D eigenvalue weighted by Gasteiger charge is -2.09. The second-order valence-electron chi connectivity index (χ2n) is 5.45. The van der Waals surface area contributed by atoms with Crippen LogP contribution in [0.2, 0.25) is 0 Å². The zero-order valence-electron chi connectivity index (χ0n) is 11.4. The molecule has 1 aliphatic rings. The Bertz CT molecular complexity index is 633. The summed E-state index contributed by atoms with van der Waals surface area (Å²) in [4.78, 5) is 19.8.